The lowest BCUT2D eigenvalue weighted by molar-refractivity contribution is -0.142. The van der Waals surface area contributed by atoms with E-state index in [1.165, 1.54) is 11.1 Å². The van der Waals surface area contributed by atoms with E-state index in [2.05, 4.69) is 34.1 Å². The first-order valence-corrected chi connectivity index (χ1v) is 11.1. The minimum atomic E-state index is -0.220. The standard InChI is InChI=1S/C24H27BrO4/c1-3-28-23(26)14-18-16(2)5-4-6-21(18)29-22-15-24(9-11-27-12-10-24)20-8-7-17(25)13-19(20)22/h4-8,13,22H,3,9-12,14-15H2,1-2H3. The van der Waals surface area contributed by atoms with Crippen LogP contribution in [0.3, 0.4) is 0 Å². The van der Waals surface area contributed by atoms with Crippen LogP contribution in [-0.2, 0) is 26.1 Å². The topological polar surface area (TPSA) is 44.8 Å². The zero-order valence-electron chi connectivity index (χ0n) is 17.0. The predicted molar refractivity (Wildman–Crippen MR) is 115 cm³/mol. The number of carbonyl (C=O) groups is 1. The van der Waals surface area contributed by atoms with Gasteiger partial charge in [0.2, 0.25) is 0 Å². The maximum atomic E-state index is 12.1. The van der Waals surface area contributed by atoms with E-state index in [-0.39, 0.29) is 23.9 Å². The van der Waals surface area contributed by atoms with E-state index in [0.717, 1.165) is 53.8 Å². The fourth-order valence-electron chi connectivity index (χ4n) is 4.72. The van der Waals surface area contributed by atoms with Crippen molar-refractivity contribution in [3.63, 3.8) is 0 Å². The maximum Gasteiger partial charge on any atom is 0.310 e. The molecule has 29 heavy (non-hydrogen) atoms. The SMILES string of the molecule is CCOC(=O)Cc1c(C)cccc1OC1CC2(CCOCC2)c2ccc(Br)cc21. The lowest BCUT2D eigenvalue weighted by Gasteiger charge is -2.34. The Hall–Kier alpha value is -1.85. The molecule has 0 aromatic heterocycles. The van der Waals surface area contributed by atoms with Crippen LogP contribution in [-0.4, -0.2) is 25.8 Å². The molecule has 0 N–H and O–H groups in total. The summed E-state index contributed by atoms with van der Waals surface area (Å²) in [5, 5.41) is 0. The zero-order valence-corrected chi connectivity index (χ0v) is 18.6. The Kier molecular flexibility index (Phi) is 5.98. The molecule has 5 heteroatoms. The summed E-state index contributed by atoms with van der Waals surface area (Å²) in [6.07, 6.45) is 3.17. The Morgan fingerprint density at radius 3 is 2.79 bits per heavy atom. The average molecular weight is 459 g/mol. The van der Waals surface area contributed by atoms with Crippen LogP contribution in [0.15, 0.2) is 40.9 Å². The summed E-state index contributed by atoms with van der Waals surface area (Å²) in [7, 11) is 0. The van der Waals surface area contributed by atoms with Gasteiger partial charge in [-0.15, -0.1) is 0 Å². The molecule has 0 radical (unpaired) electrons. The van der Waals surface area contributed by atoms with Crippen LogP contribution in [0.5, 0.6) is 5.75 Å². The van der Waals surface area contributed by atoms with Gasteiger partial charge in [-0.3, -0.25) is 4.79 Å². The third-order valence-electron chi connectivity index (χ3n) is 6.22. The monoisotopic (exact) mass is 458 g/mol. The van der Waals surface area contributed by atoms with Gasteiger partial charge in [0.25, 0.3) is 0 Å². The summed E-state index contributed by atoms with van der Waals surface area (Å²) in [5.74, 6) is 0.556. The van der Waals surface area contributed by atoms with E-state index in [4.69, 9.17) is 14.2 Å². The highest BCUT2D eigenvalue weighted by atomic mass is 79.9. The average Bonchev–Trinajstić information content (AvgIpc) is 2.97. The first kappa shape index (κ1) is 20.4. The van der Waals surface area contributed by atoms with Crippen molar-refractivity contribution in [3.8, 4) is 5.75 Å². The molecule has 4 rings (SSSR count). The van der Waals surface area contributed by atoms with Gasteiger partial charge in [-0.05, 0) is 68.0 Å². The number of benzene rings is 2. The second-order valence-electron chi connectivity index (χ2n) is 7.97. The number of rotatable bonds is 5. The van der Waals surface area contributed by atoms with E-state index < -0.39 is 0 Å². The zero-order chi connectivity index (χ0) is 20.4. The summed E-state index contributed by atoms with van der Waals surface area (Å²) in [4.78, 5) is 12.1. The van der Waals surface area contributed by atoms with Crippen molar-refractivity contribution >= 4 is 21.9 Å². The number of esters is 1. The summed E-state index contributed by atoms with van der Waals surface area (Å²) in [6.45, 7) is 5.81. The minimum Gasteiger partial charge on any atom is -0.485 e. The Morgan fingerprint density at radius 2 is 2.03 bits per heavy atom. The molecule has 1 fully saturated rings. The molecule has 1 atom stereocenters. The highest BCUT2D eigenvalue weighted by Crippen LogP contribution is 2.52. The number of ether oxygens (including phenoxy) is 3. The third kappa shape index (κ3) is 4.08. The molecule has 154 valence electrons. The van der Waals surface area contributed by atoms with Crippen LogP contribution in [0, 0.1) is 6.92 Å². The van der Waals surface area contributed by atoms with E-state index in [1.807, 2.05) is 32.0 Å². The van der Waals surface area contributed by atoms with Crippen LogP contribution in [0.1, 0.15) is 54.5 Å². The molecule has 2 aromatic carbocycles. The lowest BCUT2D eigenvalue weighted by Crippen LogP contribution is -2.32. The first-order chi connectivity index (χ1) is 14.0. The normalized spacial score (nSPS) is 19.8. The van der Waals surface area contributed by atoms with Crippen molar-refractivity contribution in [2.75, 3.05) is 19.8 Å². The molecule has 2 aliphatic rings. The van der Waals surface area contributed by atoms with E-state index in [0.29, 0.717) is 6.61 Å². The van der Waals surface area contributed by atoms with Gasteiger partial charge in [0, 0.05) is 28.7 Å². The van der Waals surface area contributed by atoms with Gasteiger partial charge in [-0.25, -0.2) is 0 Å². The van der Waals surface area contributed by atoms with E-state index in [9.17, 15) is 4.79 Å². The van der Waals surface area contributed by atoms with Crippen LogP contribution in [0.2, 0.25) is 0 Å². The van der Waals surface area contributed by atoms with Gasteiger partial charge in [0.05, 0.1) is 13.0 Å². The molecule has 1 aliphatic heterocycles. The molecule has 0 saturated carbocycles. The predicted octanol–water partition coefficient (Wildman–Crippen LogP) is 5.44. The van der Waals surface area contributed by atoms with Crippen molar-refractivity contribution in [2.24, 2.45) is 0 Å². The Bertz CT molecular complexity index is 902. The number of fused-ring (bicyclic) bond motifs is 2. The molecule has 1 unspecified atom stereocenters. The van der Waals surface area contributed by atoms with Crippen LogP contribution in [0.4, 0.5) is 0 Å². The molecule has 1 aliphatic carbocycles. The quantitative estimate of drug-likeness (QED) is 0.559. The minimum absolute atomic E-state index is 0.0386. The summed E-state index contributed by atoms with van der Waals surface area (Å²) < 4.78 is 18.5. The fraction of sp³-hybridized carbons (Fsp3) is 0.458. The number of halogens is 1. The molecular formula is C24H27BrO4. The largest absolute Gasteiger partial charge is 0.485 e. The molecule has 0 bridgehead atoms. The summed E-state index contributed by atoms with van der Waals surface area (Å²) in [6, 6.07) is 12.5. The van der Waals surface area contributed by atoms with Crippen molar-refractivity contribution in [1.82, 2.24) is 0 Å². The molecule has 1 saturated heterocycles. The van der Waals surface area contributed by atoms with Gasteiger partial charge < -0.3 is 14.2 Å². The second kappa shape index (κ2) is 8.49. The highest BCUT2D eigenvalue weighted by molar-refractivity contribution is 9.10. The van der Waals surface area contributed by atoms with Crippen LogP contribution < -0.4 is 4.74 Å². The van der Waals surface area contributed by atoms with E-state index in [1.54, 1.807) is 0 Å². The molecular weight excluding hydrogens is 432 g/mol. The Morgan fingerprint density at radius 1 is 1.24 bits per heavy atom. The first-order valence-electron chi connectivity index (χ1n) is 10.3. The lowest BCUT2D eigenvalue weighted by atomic mass is 9.75. The highest BCUT2D eigenvalue weighted by Gasteiger charge is 2.45. The van der Waals surface area contributed by atoms with Crippen molar-refractivity contribution < 1.29 is 19.0 Å². The van der Waals surface area contributed by atoms with E-state index >= 15 is 0 Å². The fourth-order valence-corrected chi connectivity index (χ4v) is 5.10. The van der Waals surface area contributed by atoms with Crippen molar-refractivity contribution in [3.05, 3.63) is 63.1 Å². The van der Waals surface area contributed by atoms with Crippen LogP contribution >= 0.6 is 15.9 Å². The molecule has 2 aromatic rings. The van der Waals surface area contributed by atoms with Gasteiger partial charge >= 0.3 is 5.97 Å². The number of carbonyl (C=O) groups excluding carboxylic acids is 1. The smallest absolute Gasteiger partial charge is 0.310 e. The number of aryl methyl sites for hydroxylation is 1. The van der Waals surface area contributed by atoms with Gasteiger partial charge in [-0.1, -0.05) is 34.1 Å². The molecule has 1 spiro atoms. The Balaban J connectivity index is 1.66. The van der Waals surface area contributed by atoms with Crippen molar-refractivity contribution in [2.45, 2.75) is 51.0 Å². The number of hydrogen-bond acceptors (Lipinski definition) is 4. The molecule has 0 amide bonds. The summed E-state index contributed by atoms with van der Waals surface area (Å²) >= 11 is 3.62. The number of hydrogen-bond donors (Lipinski definition) is 0. The Labute approximate surface area is 180 Å². The van der Waals surface area contributed by atoms with Crippen molar-refractivity contribution in [1.29, 1.82) is 0 Å². The van der Waals surface area contributed by atoms with Gasteiger partial charge in [0.1, 0.15) is 11.9 Å². The summed E-state index contributed by atoms with van der Waals surface area (Å²) in [5.41, 5.74) is 4.70. The third-order valence-corrected chi connectivity index (χ3v) is 6.71. The van der Waals surface area contributed by atoms with Crippen LogP contribution in [0.25, 0.3) is 0 Å². The molecule has 4 nitrogen and oxygen atoms in total. The van der Waals surface area contributed by atoms with Gasteiger partial charge in [0.15, 0.2) is 0 Å². The van der Waals surface area contributed by atoms with Gasteiger partial charge in [-0.2, -0.15) is 0 Å². The molecule has 1 heterocycles. The maximum absolute atomic E-state index is 12.1. The second-order valence-corrected chi connectivity index (χ2v) is 8.88.